The molecule has 0 saturated carbocycles. The molecule has 0 radical (unpaired) electrons. The SMILES string of the molecule is C/C=C(\C=C/NO)c1nc(N2CCC3(CCNC3)CC2)c2ccncc2n1. The van der Waals surface area contributed by atoms with E-state index < -0.39 is 0 Å². The highest BCUT2D eigenvalue weighted by atomic mass is 16.5. The van der Waals surface area contributed by atoms with E-state index >= 15 is 0 Å². The number of pyridine rings is 1. The summed E-state index contributed by atoms with van der Waals surface area (Å²) in [6.07, 6.45) is 12.4. The number of rotatable bonds is 4. The normalized spacial score (nSPS) is 20.1. The van der Waals surface area contributed by atoms with Gasteiger partial charge in [0.2, 0.25) is 0 Å². The first-order valence-electron chi connectivity index (χ1n) is 9.55. The van der Waals surface area contributed by atoms with E-state index in [1.807, 2.05) is 24.5 Å². The second kappa shape index (κ2) is 7.62. The Morgan fingerprint density at radius 3 is 2.85 bits per heavy atom. The molecule has 0 atom stereocenters. The molecule has 2 aromatic rings. The van der Waals surface area contributed by atoms with Gasteiger partial charge in [0.05, 0.1) is 11.7 Å². The monoisotopic (exact) mass is 366 g/mol. The molecule has 2 aliphatic rings. The Morgan fingerprint density at radius 2 is 2.15 bits per heavy atom. The molecule has 0 aliphatic carbocycles. The Hall–Kier alpha value is -2.51. The van der Waals surface area contributed by atoms with E-state index in [4.69, 9.17) is 10.2 Å². The molecule has 0 unspecified atom stereocenters. The van der Waals surface area contributed by atoms with Gasteiger partial charge >= 0.3 is 0 Å². The van der Waals surface area contributed by atoms with Crippen LogP contribution in [0.3, 0.4) is 0 Å². The summed E-state index contributed by atoms with van der Waals surface area (Å²) in [4.78, 5) is 16.2. The fourth-order valence-electron chi connectivity index (χ4n) is 4.18. The van der Waals surface area contributed by atoms with Gasteiger partial charge in [-0.15, -0.1) is 0 Å². The molecule has 7 nitrogen and oxygen atoms in total. The van der Waals surface area contributed by atoms with Crippen LogP contribution in [-0.4, -0.2) is 46.3 Å². The van der Waals surface area contributed by atoms with Gasteiger partial charge in [0.1, 0.15) is 5.82 Å². The third-order valence-electron chi connectivity index (χ3n) is 5.84. The lowest BCUT2D eigenvalue weighted by molar-refractivity contribution is 0.214. The van der Waals surface area contributed by atoms with Gasteiger partial charge in [-0.2, -0.15) is 0 Å². The number of piperidine rings is 1. The van der Waals surface area contributed by atoms with Gasteiger partial charge < -0.3 is 10.2 Å². The number of fused-ring (bicyclic) bond motifs is 1. The van der Waals surface area contributed by atoms with Crippen LogP contribution < -0.4 is 15.7 Å². The van der Waals surface area contributed by atoms with E-state index in [2.05, 4.69) is 20.2 Å². The van der Waals surface area contributed by atoms with Crippen molar-refractivity contribution in [3.63, 3.8) is 0 Å². The summed E-state index contributed by atoms with van der Waals surface area (Å²) in [5.74, 6) is 1.62. The Kier molecular flexibility index (Phi) is 5.05. The number of nitrogens with one attached hydrogen (secondary N) is 2. The molecule has 4 heterocycles. The number of allylic oxidation sites excluding steroid dienone is 3. The zero-order valence-electron chi connectivity index (χ0n) is 15.6. The fraction of sp³-hybridized carbons (Fsp3) is 0.450. The molecule has 0 aromatic carbocycles. The maximum absolute atomic E-state index is 8.86. The van der Waals surface area contributed by atoms with E-state index in [9.17, 15) is 0 Å². The van der Waals surface area contributed by atoms with Crippen LogP contribution in [0, 0.1) is 5.41 Å². The van der Waals surface area contributed by atoms with Crippen LogP contribution in [0.25, 0.3) is 16.5 Å². The number of nitrogens with zero attached hydrogens (tertiary/aromatic N) is 4. The van der Waals surface area contributed by atoms with E-state index in [-0.39, 0.29) is 0 Å². The largest absolute Gasteiger partial charge is 0.356 e. The van der Waals surface area contributed by atoms with Crippen molar-refractivity contribution in [2.75, 3.05) is 31.1 Å². The number of hydrogen-bond acceptors (Lipinski definition) is 7. The Morgan fingerprint density at radius 1 is 1.30 bits per heavy atom. The summed E-state index contributed by atoms with van der Waals surface area (Å²) in [5, 5.41) is 13.4. The Labute approximate surface area is 159 Å². The summed E-state index contributed by atoms with van der Waals surface area (Å²) in [6.45, 7) is 6.24. The number of aromatic nitrogens is 3. The van der Waals surface area contributed by atoms with E-state index in [1.165, 1.54) is 25.5 Å². The minimum absolute atomic E-state index is 0.466. The average molecular weight is 366 g/mol. The zero-order chi connectivity index (χ0) is 18.7. The third-order valence-corrected chi connectivity index (χ3v) is 5.84. The summed E-state index contributed by atoms with van der Waals surface area (Å²) >= 11 is 0. The van der Waals surface area contributed by atoms with Crippen LogP contribution in [-0.2, 0) is 0 Å². The highest BCUT2D eigenvalue weighted by molar-refractivity contribution is 5.90. The van der Waals surface area contributed by atoms with Gasteiger partial charge in [-0.05, 0) is 50.3 Å². The van der Waals surface area contributed by atoms with Crippen molar-refractivity contribution >= 4 is 22.3 Å². The van der Waals surface area contributed by atoms with Crippen molar-refractivity contribution in [3.8, 4) is 0 Å². The van der Waals surface area contributed by atoms with Gasteiger partial charge in [0.15, 0.2) is 5.82 Å². The molecule has 2 aliphatic heterocycles. The first kappa shape index (κ1) is 17.9. The Balaban J connectivity index is 1.70. The third kappa shape index (κ3) is 3.52. The van der Waals surface area contributed by atoms with Crippen LogP contribution in [0.4, 0.5) is 5.82 Å². The maximum atomic E-state index is 8.86. The fourth-order valence-corrected chi connectivity index (χ4v) is 4.18. The predicted molar refractivity (Wildman–Crippen MR) is 106 cm³/mol. The summed E-state index contributed by atoms with van der Waals surface area (Å²) in [6, 6.07) is 2.00. The average Bonchev–Trinajstić information content (AvgIpc) is 3.16. The lowest BCUT2D eigenvalue weighted by atomic mass is 9.78. The summed E-state index contributed by atoms with van der Waals surface area (Å²) in [7, 11) is 0. The molecule has 2 aromatic heterocycles. The van der Waals surface area contributed by atoms with Crippen LogP contribution in [0.15, 0.2) is 36.8 Å². The van der Waals surface area contributed by atoms with Crippen molar-refractivity contribution in [3.05, 3.63) is 42.6 Å². The van der Waals surface area contributed by atoms with Crippen molar-refractivity contribution in [2.45, 2.75) is 26.2 Å². The molecular weight excluding hydrogens is 340 g/mol. The highest BCUT2D eigenvalue weighted by Crippen LogP contribution is 2.39. The lowest BCUT2D eigenvalue weighted by Crippen LogP contribution is -2.41. The molecule has 0 amide bonds. The highest BCUT2D eigenvalue weighted by Gasteiger charge is 2.37. The van der Waals surface area contributed by atoms with Crippen molar-refractivity contribution in [2.24, 2.45) is 5.41 Å². The summed E-state index contributed by atoms with van der Waals surface area (Å²) in [5.41, 5.74) is 4.19. The number of anilines is 1. The molecular formula is C20H26N6O. The second-order valence-corrected chi connectivity index (χ2v) is 7.38. The number of hydroxylamine groups is 1. The van der Waals surface area contributed by atoms with Crippen LogP contribution in [0.1, 0.15) is 32.0 Å². The Bertz CT molecular complexity index is 862. The van der Waals surface area contributed by atoms with E-state index in [0.717, 1.165) is 48.5 Å². The van der Waals surface area contributed by atoms with Crippen LogP contribution in [0.5, 0.6) is 0 Å². The van der Waals surface area contributed by atoms with Gasteiger partial charge in [-0.25, -0.2) is 9.97 Å². The first-order valence-corrected chi connectivity index (χ1v) is 9.55. The minimum Gasteiger partial charge on any atom is -0.356 e. The predicted octanol–water partition coefficient (Wildman–Crippen LogP) is 2.50. The molecule has 27 heavy (non-hydrogen) atoms. The van der Waals surface area contributed by atoms with Crippen molar-refractivity contribution in [1.82, 2.24) is 25.7 Å². The number of hydrogen-bond donors (Lipinski definition) is 3. The molecule has 0 bridgehead atoms. The quantitative estimate of drug-likeness (QED) is 0.566. The van der Waals surface area contributed by atoms with Gasteiger partial charge in [-0.1, -0.05) is 6.08 Å². The summed E-state index contributed by atoms with van der Waals surface area (Å²) < 4.78 is 0. The smallest absolute Gasteiger partial charge is 0.161 e. The van der Waals surface area contributed by atoms with Gasteiger partial charge in [0.25, 0.3) is 0 Å². The van der Waals surface area contributed by atoms with E-state index in [0.29, 0.717) is 11.2 Å². The lowest BCUT2D eigenvalue weighted by Gasteiger charge is -2.39. The topological polar surface area (TPSA) is 86.2 Å². The molecule has 1 spiro atoms. The zero-order valence-corrected chi connectivity index (χ0v) is 15.6. The maximum Gasteiger partial charge on any atom is 0.161 e. The van der Waals surface area contributed by atoms with Crippen molar-refractivity contribution in [1.29, 1.82) is 0 Å². The minimum atomic E-state index is 0.466. The molecule has 4 rings (SSSR count). The molecule has 2 saturated heterocycles. The standard InChI is InChI=1S/C20H26N6O/c1-2-15(3-9-23-27)18-24-17-13-21-8-4-16(17)19(25-18)26-11-6-20(7-12-26)5-10-22-14-20/h2-4,8-9,13,22-23,27H,5-7,10-12,14H2,1H3/b9-3-,15-2+. The molecule has 2 fully saturated rings. The van der Waals surface area contributed by atoms with Crippen LogP contribution in [0.2, 0.25) is 0 Å². The molecule has 3 N–H and O–H groups in total. The second-order valence-electron chi connectivity index (χ2n) is 7.38. The van der Waals surface area contributed by atoms with Gasteiger partial charge in [0, 0.05) is 43.0 Å². The molecule has 142 valence electrons. The van der Waals surface area contributed by atoms with Crippen LogP contribution >= 0.6 is 0 Å². The first-order chi connectivity index (χ1) is 13.2. The molecule has 7 heteroatoms. The van der Waals surface area contributed by atoms with E-state index in [1.54, 1.807) is 18.5 Å². The van der Waals surface area contributed by atoms with Gasteiger partial charge in [-0.3, -0.25) is 15.7 Å². The van der Waals surface area contributed by atoms with Crippen molar-refractivity contribution < 1.29 is 5.21 Å².